The number of nitro groups is 1. The third kappa shape index (κ3) is 3.48. The summed E-state index contributed by atoms with van der Waals surface area (Å²) in [5, 5.41) is 21.1. The number of nitro benzene ring substituents is 1. The predicted molar refractivity (Wildman–Crippen MR) is 103 cm³/mol. The van der Waals surface area contributed by atoms with Gasteiger partial charge in [0, 0.05) is 31.8 Å². The van der Waals surface area contributed by atoms with E-state index in [1.165, 1.54) is 11.0 Å². The number of rotatable bonds is 4. The van der Waals surface area contributed by atoms with Crippen LogP contribution in [0.2, 0.25) is 0 Å². The second-order valence-electron chi connectivity index (χ2n) is 8.17. The van der Waals surface area contributed by atoms with Crippen molar-refractivity contribution >= 4 is 17.3 Å². The summed E-state index contributed by atoms with van der Waals surface area (Å²) < 4.78 is 0. The van der Waals surface area contributed by atoms with Crippen molar-refractivity contribution in [3.8, 4) is 6.07 Å². The first kappa shape index (κ1) is 19.2. The van der Waals surface area contributed by atoms with Gasteiger partial charge in [0.2, 0.25) is 0 Å². The summed E-state index contributed by atoms with van der Waals surface area (Å²) in [5.74, 6) is 0.594. The molecular weight excluding hydrogens is 344 g/mol. The molecule has 1 aromatic rings. The maximum Gasteiger partial charge on any atom is 0.293 e. The summed E-state index contributed by atoms with van der Waals surface area (Å²) in [5.41, 5.74) is 0.00132. The third-order valence-corrected chi connectivity index (χ3v) is 5.96. The molecule has 1 amide bonds. The van der Waals surface area contributed by atoms with E-state index >= 15 is 0 Å². The maximum atomic E-state index is 12.8. The Morgan fingerprint density at radius 1 is 1.33 bits per heavy atom. The molecule has 7 heteroatoms. The minimum Gasteiger partial charge on any atom is -0.365 e. The van der Waals surface area contributed by atoms with E-state index in [-0.39, 0.29) is 17.2 Å². The highest BCUT2D eigenvalue weighted by molar-refractivity contribution is 5.96. The molecule has 2 atom stereocenters. The quantitative estimate of drug-likeness (QED) is 0.597. The second-order valence-corrected chi connectivity index (χ2v) is 8.17. The summed E-state index contributed by atoms with van der Waals surface area (Å²) in [6.45, 7) is 5.86. The Morgan fingerprint density at radius 3 is 2.44 bits per heavy atom. The van der Waals surface area contributed by atoms with E-state index in [4.69, 9.17) is 0 Å². The van der Waals surface area contributed by atoms with E-state index in [0.717, 1.165) is 25.9 Å². The van der Waals surface area contributed by atoms with E-state index in [9.17, 15) is 20.2 Å². The SMILES string of the molecule is C[C@H]1C[C@H](C)CN(c2ccc(C(=O)N(C)C3(C#N)CCC3)cc2[N+](=O)[O-])C1. The zero-order chi connectivity index (χ0) is 19.8. The van der Waals surface area contributed by atoms with Crippen molar-refractivity contribution in [2.75, 3.05) is 25.0 Å². The topological polar surface area (TPSA) is 90.5 Å². The molecule has 0 N–H and O–H groups in total. The number of anilines is 1. The molecule has 2 fully saturated rings. The number of carbonyl (C=O) groups is 1. The van der Waals surface area contributed by atoms with Crippen molar-refractivity contribution in [2.45, 2.75) is 45.1 Å². The van der Waals surface area contributed by atoms with E-state index < -0.39 is 10.5 Å². The molecule has 2 aliphatic rings. The summed E-state index contributed by atoms with van der Waals surface area (Å²) in [7, 11) is 1.61. The van der Waals surface area contributed by atoms with Crippen LogP contribution < -0.4 is 4.90 Å². The van der Waals surface area contributed by atoms with Crippen LogP contribution in [-0.2, 0) is 0 Å². The molecule has 0 spiro atoms. The fourth-order valence-electron chi connectivity index (χ4n) is 4.35. The van der Waals surface area contributed by atoms with Crippen LogP contribution in [0.25, 0.3) is 0 Å². The fraction of sp³-hybridized carbons (Fsp3) is 0.600. The van der Waals surface area contributed by atoms with Crippen molar-refractivity contribution in [3.63, 3.8) is 0 Å². The zero-order valence-electron chi connectivity index (χ0n) is 16.1. The number of piperidine rings is 1. The zero-order valence-corrected chi connectivity index (χ0v) is 16.1. The lowest BCUT2D eigenvalue weighted by atomic mass is 9.76. The van der Waals surface area contributed by atoms with Crippen LogP contribution >= 0.6 is 0 Å². The molecule has 0 radical (unpaired) electrons. The van der Waals surface area contributed by atoms with Gasteiger partial charge in [0.25, 0.3) is 11.6 Å². The minimum atomic E-state index is -0.776. The van der Waals surface area contributed by atoms with Crippen molar-refractivity contribution in [2.24, 2.45) is 11.8 Å². The van der Waals surface area contributed by atoms with E-state index in [0.29, 0.717) is 30.4 Å². The monoisotopic (exact) mass is 370 g/mol. The number of hydrogen-bond acceptors (Lipinski definition) is 5. The Labute approximate surface area is 159 Å². The Kier molecular flexibility index (Phi) is 5.09. The summed E-state index contributed by atoms with van der Waals surface area (Å²) >= 11 is 0. The van der Waals surface area contributed by atoms with E-state index in [2.05, 4.69) is 24.8 Å². The molecule has 7 nitrogen and oxygen atoms in total. The van der Waals surface area contributed by atoms with Crippen LogP contribution in [0.1, 0.15) is 49.9 Å². The van der Waals surface area contributed by atoms with Crippen LogP contribution in [0, 0.1) is 33.3 Å². The number of benzene rings is 1. The highest BCUT2D eigenvalue weighted by atomic mass is 16.6. The molecule has 27 heavy (non-hydrogen) atoms. The number of amides is 1. The standard InChI is InChI=1S/C20H26N4O3/c1-14-9-15(2)12-23(11-14)17-6-5-16(10-18(17)24(26)27)19(25)22(3)20(13-21)7-4-8-20/h5-6,10,14-15H,4,7-9,11-12H2,1-3H3/t14-,15-/m0/s1. The smallest absolute Gasteiger partial charge is 0.293 e. The highest BCUT2D eigenvalue weighted by Crippen LogP contribution is 2.38. The average Bonchev–Trinajstić information content (AvgIpc) is 2.59. The molecule has 1 heterocycles. The van der Waals surface area contributed by atoms with Gasteiger partial charge in [-0.05, 0) is 49.7 Å². The molecule has 1 aliphatic heterocycles. The maximum absolute atomic E-state index is 12.8. The van der Waals surface area contributed by atoms with Crippen LogP contribution in [-0.4, -0.2) is 41.4 Å². The Balaban J connectivity index is 1.91. The summed E-state index contributed by atoms with van der Waals surface area (Å²) in [6.07, 6.45) is 3.32. The molecule has 0 aromatic heterocycles. The van der Waals surface area contributed by atoms with Gasteiger partial charge < -0.3 is 9.80 Å². The third-order valence-electron chi connectivity index (χ3n) is 5.96. The molecular formula is C20H26N4O3. The number of nitrogens with zero attached hydrogens (tertiary/aromatic N) is 4. The predicted octanol–water partition coefficient (Wildman–Crippen LogP) is 3.60. The van der Waals surface area contributed by atoms with Gasteiger partial charge in [-0.25, -0.2) is 0 Å². The van der Waals surface area contributed by atoms with Gasteiger partial charge in [0.05, 0.1) is 11.0 Å². The van der Waals surface area contributed by atoms with Crippen LogP contribution in [0.5, 0.6) is 0 Å². The lowest BCUT2D eigenvalue weighted by Crippen LogP contribution is -2.53. The fourth-order valence-corrected chi connectivity index (χ4v) is 4.35. The van der Waals surface area contributed by atoms with Crippen LogP contribution in [0.3, 0.4) is 0 Å². The Hall–Kier alpha value is -2.62. The number of carbonyl (C=O) groups excluding carboxylic acids is 1. The van der Waals surface area contributed by atoms with Crippen LogP contribution in [0.4, 0.5) is 11.4 Å². The Bertz CT molecular complexity index is 787. The Morgan fingerprint density at radius 2 is 1.96 bits per heavy atom. The van der Waals surface area contributed by atoms with Crippen molar-refractivity contribution < 1.29 is 9.72 Å². The normalized spacial score (nSPS) is 23.9. The van der Waals surface area contributed by atoms with Gasteiger partial charge in [-0.1, -0.05) is 13.8 Å². The molecule has 3 rings (SSSR count). The molecule has 144 valence electrons. The van der Waals surface area contributed by atoms with Crippen molar-refractivity contribution in [3.05, 3.63) is 33.9 Å². The number of nitriles is 1. The van der Waals surface area contributed by atoms with Crippen LogP contribution in [0.15, 0.2) is 18.2 Å². The minimum absolute atomic E-state index is 0.0461. The van der Waals surface area contributed by atoms with Gasteiger partial charge in [-0.15, -0.1) is 0 Å². The van der Waals surface area contributed by atoms with Crippen molar-refractivity contribution in [1.29, 1.82) is 5.26 Å². The molecule has 1 aliphatic carbocycles. The molecule has 1 saturated heterocycles. The lowest BCUT2D eigenvalue weighted by Gasteiger charge is -2.43. The first-order valence-electron chi connectivity index (χ1n) is 9.50. The van der Waals surface area contributed by atoms with E-state index in [1.54, 1.807) is 19.2 Å². The van der Waals surface area contributed by atoms with Gasteiger partial charge in [-0.3, -0.25) is 14.9 Å². The van der Waals surface area contributed by atoms with Gasteiger partial charge >= 0.3 is 0 Å². The highest BCUT2D eigenvalue weighted by Gasteiger charge is 2.44. The van der Waals surface area contributed by atoms with Gasteiger partial charge in [0.15, 0.2) is 0 Å². The van der Waals surface area contributed by atoms with E-state index in [1.807, 2.05) is 0 Å². The molecule has 1 saturated carbocycles. The average molecular weight is 370 g/mol. The summed E-state index contributed by atoms with van der Waals surface area (Å²) in [6, 6.07) is 6.93. The largest absolute Gasteiger partial charge is 0.365 e. The first-order chi connectivity index (χ1) is 12.8. The van der Waals surface area contributed by atoms with Crippen molar-refractivity contribution in [1.82, 2.24) is 4.90 Å². The first-order valence-corrected chi connectivity index (χ1v) is 9.50. The van der Waals surface area contributed by atoms with Gasteiger partial charge in [0.1, 0.15) is 11.2 Å². The molecule has 0 bridgehead atoms. The molecule has 0 unspecified atom stereocenters. The van der Waals surface area contributed by atoms with Gasteiger partial charge in [-0.2, -0.15) is 5.26 Å². The summed E-state index contributed by atoms with van der Waals surface area (Å²) in [4.78, 5) is 27.6. The second kappa shape index (κ2) is 7.18. The molecule has 1 aromatic carbocycles. The lowest BCUT2D eigenvalue weighted by molar-refractivity contribution is -0.384. The number of hydrogen-bond donors (Lipinski definition) is 0.